The van der Waals surface area contributed by atoms with Gasteiger partial charge in [-0.15, -0.1) is 0 Å². The van der Waals surface area contributed by atoms with E-state index in [9.17, 15) is 9.18 Å². The van der Waals surface area contributed by atoms with Gasteiger partial charge in [-0.1, -0.05) is 12.1 Å². The van der Waals surface area contributed by atoms with E-state index in [1.807, 2.05) is 23.1 Å². The molecule has 0 unspecified atom stereocenters. The number of halogens is 1. The molecular weight excluding hydrogens is 337 g/mol. The molecule has 1 aliphatic rings. The molecule has 0 radical (unpaired) electrons. The zero-order chi connectivity index (χ0) is 17.8. The first kappa shape index (κ1) is 17.4. The molecule has 0 amide bonds. The molecule has 1 fully saturated rings. The van der Waals surface area contributed by atoms with Crippen LogP contribution in [-0.2, 0) is 0 Å². The number of Topliss-reactive ketones (excluding diaryl/α,β-unsaturated/α-hetero) is 1. The van der Waals surface area contributed by atoms with E-state index in [0.717, 1.165) is 18.8 Å². The average Bonchev–Trinajstić information content (AvgIpc) is 2.63. The molecule has 0 saturated carbocycles. The highest BCUT2D eigenvalue weighted by molar-refractivity contribution is 7.80. The van der Waals surface area contributed by atoms with Crippen molar-refractivity contribution in [2.24, 2.45) is 0 Å². The maximum atomic E-state index is 13.9. The van der Waals surface area contributed by atoms with Crippen LogP contribution in [0, 0.1) is 5.82 Å². The minimum Gasteiger partial charge on any atom is -0.366 e. The van der Waals surface area contributed by atoms with Crippen LogP contribution in [0.2, 0.25) is 0 Å². The third-order valence-electron chi connectivity index (χ3n) is 4.30. The van der Waals surface area contributed by atoms with E-state index in [-0.39, 0.29) is 11.6 Å². The smallest absolute Gasteiger partial charge is 0.173 e. The van der Waals surface area contributed by atoms with Crippen molar-refractivity contribution in [2.45, 2.75) is 6.92 Å². The van der Waals surface area contributed by atoms with Crippen LogP contribution in [0.25, 0.3) is 0 Å². The second kappa shape index (κ2) is 7.61. The van der Waals surface area contributed by atoms with Gasteiger partial charge in [0.05, 0.1) is 5.69 Å². The summed E-state index contributed by atoms with van der Waals surface area (Å²) >= 11 is 5.48. The predicted molar refractivity (Wildman–Crippen MR) is 103 cm³/mol. The summed E-state index contributed by atoms with van der Waals surface area (Å²) < 4.78 is 13.9. The van der Waals surface area contributed by atoms with E-state index in [2.05, 4.69) is 10.2 Å². The molecule has 3 rings (SSSR count). The maximum Gasteiger partial charge on any atom is 0.173 e. The number of hydrogen-bond donors (Lipinski definition) is 1. The van der Waals surface area contributed by atoms with Gasteiger partial charge < -0.3 is 15.1 Å². The van der Waals surface area contributed by atoms with Gasteiger partial charge in [-0.25, -0.2) is 4.39 Å². The Morgan fingerprint density at radius 1 is 1.04 bits per heavy atom. The average molecular weight is 357 g/mol. The highest BCUT2D eigenvalue weighted by Crippen LogP contribution is 2.20. The summed E-state index contributed by atoms with van der Waals surface area (Å²) in [7, 11) is 0. The van der Waals surface area contributed by atoms with Crippen molar-refractivity contribution in [1.82, 2.24) is 4.90 Å². The van der Waals surface area contributed by atoms with Gasteiger partial charge in [0.1, 0.15) is 5.82 Å². The zero-order valence-electron chi connectivity index (χ0n) is 14.0. The van der Waals surface area contributed by atoms with Crippen LogP contribution >= 0.6 is 12.2 Å². The molecule has 1 heterocycles. The molecule has 2 aromatic rings. The lowest BCUT2D eigenvalue weighted by Crippen LogP contribution is -2.50. The van der Waals surface area contributed by atoms with Crippen molar-refractivity contribution in [1.29, 1.82) is 0 Å². The molecule has 25 heavy (non-hydrogen) atoms. The van der Waals surface area contributed by atoms with E-state index in [4.69, 9.17) is 12.2 Å². The minimum absolute atomic E-state index is 0.0402. The van der Waals surface area contributed by atoms with Crippen LogP contribution in [0.5, 0.6) is 0 Å². The Morgan fingerprint density at radius 2 is 1.68 bits per heavy atom. The molecule has 0 atom stereocenters. The van der Waals surface area contributed by atoms with E-state index in [1.54, 1.807) is 31.2 Å². The number of carbonyl (C=O) groups excluding carboxylic acids is 1. The first-order valence-electron chi connectivity index (χ1n) is 8.21. The largest absolute Gasteiger partial charge is 0.366 e. The van der Waals surface area contributed by atoms with Crippen molar-refractivity contribution in [2.75, 3.05) is 36.4 Å². The van der Waals surface area contributed by atoms with E-state index < -0.39 is 0 Å². The fourth-order valence-electron chi connectivity index (χ4n) is 2.85. The number of hydrogen-bond acceptors (Lipinski definition) is 3. The molecule has 2 aromatic carbocycles. The number of ketones is 1. The number of piperazine rings is 1. The van der Waals surface area contributed by atoms with Crippen LogP contribution in [0.1, 0.15) is 17.3 Å². The number of nitrogens with one attached hydrogen (secondary N) is 1. The molecule has 0 bridgehead atoms. The number of benzene rings is 2. The fraction of sp³-hybridized carbons (Fsp3) is 0.263. The van der Waals surface area contributed by atoms with Gasteiger partial charge in [-0.3, -0.25) is 4.79 Å². The molecule has 0 spiro atoms. The lowest BCUT2D eigenvalue weighted by Gasteiger charge is -2.37. The Kier molecular flexibility index (Phi) is 5.28. The van der Waals surface area contributed by atoms with Crippen LogP contribution < -0.4 is 10.2 Å². The Morgan fingerprint density at radius 3 is 2.28 bits per heavy atom. The number of thiocarbonyl (C=S) groups is 1. The standard InChI is InChI=1S/C19H20FN3OS/c1-14(24)15-6-8-16(9-7-15)21-19(25)23-12-10-22(11-13-23)18-5-3-2-4-17(18)20/h2-9H,10-13H2,1H3,(H,21,25). The Balaban J connectivity index is 1.56. The topological polar surface area (TPSA) is 35.6 Å². The highest BCUT2D eigenvalue weighted by Gasteiger charge is 2.20. The van der Waals surface area contributed by atoms with Crippen LogP contribution in [-0.4, -0.2) is 42.0 Å². The van der Waals surface area contributed by atoms with Gasteiger partial charge >= 0.3 is 0 Å². The summed E-state index contributed by atoms with van der Waals surface area (Å²) in [5.41, 5.74) is 2.17. The Bertz CT molecular complexity index is 770. The van der Waals surface area contributed by atoms with Crippen LogP contribution in [0.15, 0.2) is 48.5 Å². The molecule has 1 aliphatic heterocycles. The highest BCUT2D eigenvalue weighted by atomic mass is 32.1. The second-order valence-electron chi connectivity index (χ2n) is 5.99. The number of rotatable bonds is 3. The zero-order valence-corrected chi connectivity index (χ0v) is 14.9. The first-order chi connectivity index (χ1) is 12.0. The van der Waals surface area contributed by atoms with E-state index in [1.165, 1.54) is 6.07 Å². The summed E-state index contributed by atoms with van der Waals surface area (Å²) in [4.78, 5) is 15.4. The molecule has 1 saturated heterocycles. The van der Waals surface area contributed by atoms with E-state index >= 15 is 0 Å². The number of anilines is 2. The normalized spacial score (nSPS) is 14.3. The second-order valence-corrected chi connectivity index (χ2v) is 6.38. The third-order valence-corrected chi connectivity index (χ3v) is 4.66. The summed E-state index contributed by atoms with van der Waals surface area (Å²) in [5.74, 6) is -0.152. The minimum atomic E-state index is -0.192. The summed E-state index contributed by atoms with van der Waals surface area (Å²) in [6.45, 7) is 4.43. The maximum absolute atomic E-state index is 13.9. The number of para-hydroxylation sites is 1. The fourth-order valence-corrected chi connectivity index (χ4v) is 3.15. The van der Waals surface area contributed by atoms with Crippen LogP contribution in [0.3, 0.4) is 0 Å². The van der Waals surface area contributed by atoms with Crippen molar-refractivity contribution >= 4 is 34.5 Å². The Labute approximate surface area is 152 Å². The summed E-state index contributed by atoms with van der Waals surface area (Å²) in [6, 6.07) is 14.1. The predicted octanol–water partition coefficient (Wildman–Crippen LogP) is 3.55. The quantitative estimate of drug-likeness (QED) is 0.671. The summed E-state index contributed by atoms with van der Waals surface area (Å²) in [6.07, 6.45) is 0. The molecule has 4 nitrogen and oxygen atoms in total. The van der Waals surface area contributed by atoms with Crippen molar-refractivity contribution in [3.63, 3.8) is 0 Å². The SMILES string of the molecule is CC(=O)c1ccc(NC(=S)N2CCN(c3ccccc3F)CC2)cc1. The van der Waals surface area contributed by atoms with Gasteiger partial charge in [-0.2, -0.15) is 0 Å². The molecule has 1 N–H and O–H groups in total. The van der Waals surface area contributed by atoms with Gasteiger partial charge in [0.2, 0.25) is 0 Å². The van der Waals surface area contributed by atoms with Gasteiger partial charge in [0.25, 0.3) is 0 Å². The molecule has 0 aromatic heterocycles. The molecule has 0 aliphatic carbocycles. The van der Waals surface area contributed by atoms with Crippen molar-refractivity contribution in [3.8, 4) is 0 Å². The Hall–Kier alpha value is -2.47. The lowest BCUT2D eigenvalue weighted by molar-refractivity contribution is 0.101. The van der Waals surface area contributed by atoms with Gasteiger partial charge in [0.15, 0.2) is 10.9 Å². The van der Waals surface area contributed by atoms with Gasteiger partial charge in [-0.05, 0) is 55.5 Å². The monoisotopic (exact) mass is 357 g/mol. The van der Waals surface area contributed by atoms with Gasteiger partial charge in [0, 0.05) is 37.4 Å². The van der Waals surface area contributed by atoms with Crippen LogP contribution in [0.4, 0.5) is 15.8 Å². The van der Waals surface area contributed by atoms with Crippen molar-refractivity contribution < 1.29 is 9.18 Å². The van der Waals surface area contributed by atoms with Crippen molar-refractivity contribution in [3.05, 3.63) is 59.9 Å². The number of carbonyl (C=O) groups is 1. The van der Waals surface area contributed by atoms with E-state index in [0.29, 0.717) is 29.5 Å². The first-order valence-corrected chi connectivity index (χ1v) is 8.62. The molecule has 130 valence electrons. The lowest BCUT2D eigenvalue weighted by atomic mass is 10.1. The molecular formula is C19H20FN3OS. The third kappa shape index (κ3) is 4.14. The molecule has 6 heteroatoms. The summed E-state index contributed by atoms with van der Waals surface area (Å²) in [5, 5.41) is 3.84. The number of nitrogens with zero attached hydrogens (tertiary/aromatic N) is 2.